The maximum atomic E-state index is 11.4. The summed E-state index contributed by atoms with van der Waals surface area (Å²) in [6.45, 7) is 2.04. The van der Waals surface area contributed by atoms with Crippen LogP contribution in [0.4, 0.5) is 0 Å². The van der Waals surface area contributed by atoms with Crippen molar-refractivity contribution >= 4 is 11.6 Å². The third-order valence-corrected chi connectivity index (χ3v) is 2.35. The Labute approximate surface area is 95.0 Å². The second-order valence-corrected chi connectivity index (χ2v) is 3.68. The summed E-state index contributed by atoms with van der Waals surface area (Å²) in [5.74, 6) is -0.101. The van der Waals surface area contributed by atoms with Gasteiger partial charge in [0, 0.05) is 11.8 Å². The molecule has 16 heavy (non-hydrogen) atoms. The average Bonchev–Trinajstić information content (AvgIpc) is 2.24. The SMILES string of the molecule is Cc1ccc(/C2=C/C=C\C=C/C(=O)N2)cc1. The molecule has 1 heterocycles. The molecule has 1 aliphatic rings. The average molecular weight is 211 g/mol. The fraction of sp³-hybridized carbons (Fsp3) is 0.0714. The Morgan fingerprint density at radius 1 is 1.00 bits per heavy atom. The molecule has 1 aromatic carbocycles. The highest BCUT2D eigenvalue weighted by Gasteiger charge is 2.04. The molecule has 2 nitrogen and oxygen atoms in total. The van der Waals surface area contributed by atoms with Gasteiger partial charge in [-0.25, -0.2) is 0 Å². The Morgan fingerprint density at radius 2 is 1.75 bits per heavy atom. The molecular formula is C14H13NO. The number of carbonyl (C=O) groups is 1. The van der Waals surface area contributed by atoms with Crippen molar-refractivity contribution < 1.29 is 4.79 Å². The zero-order valence-electron chi connectivity index (χ0n) is 9.10. The van der Waals surface area contributed by atoms with Gasteiger partial charge in [-0.05, 0) is 18.6 Å². The van der Waals surface area contributed by atoms with E-state index in [-0.39, 0.29) is 5.91 Å². The minimum atomic E-state index is -0.101. The Kier molecular flexibility index (Phi) is 3.01. The van der Waals surface area contributed by atoms with Gasteiger partial charge in [-0.3, -0.25) is 4.79 Å². The Hall–Kier alpha value is -2.09. The summed E-state index contributed by atoms with van der Waals surface area (Å²) in [6, 6.07) is 8.06. The Bertz CT molecular complexity index is 478. The standard InChI is InChI=1S/C14H13NO/c1-11-7-9-12(10-8-11)13-5-3-2-4-6-14(16)15-13/h2-10H,1H3,(H,15,16). The van der Waals surface area contributed by atoms with Gasteiger partial charge < -0.3 is 5.32 Å². The summed E-state index contributed by atoms with van der Waals surface area (Å²) < 4.78 is 0. The highest BCUT2D eigenvalue weighted by Crippen LogP contribution is 2.13. The van der Waals surface area contributed by atoms with Crippen molar-refractivity contribution in [2.45, 2.75) is 6.92 Å². The number of allylic oxidation sites excluding steroid dienone is 4. The summed E-state index contributed by atoms with van der Waals surface area (Å²) >= 11 is 0. The summed E-state index contributed by atoms with van der Waals surface area (Å²) in [5.41, 5.74) is 3.04. The molecule has 0 radical (unpaired) electrons. The second-order valence-electron chi connectivity index (χ2n) is 3.68. The lowest BCUT2D eigenvalue weighted by Gasteiger charge is -2.09. The second kappa shape index (κ2) is 4.62. The quantitative estimate of drug-likeness (QED) is 0.760. The zero-order chi connectivity index (χ0) is 11.4. The molecule has 0 saturated heterocycles. The minimum absolute atomic E-state index is 0.101. The molecule has 0 saturated carbocycles. The Balaban J connectivity index is 2.32. The molecule has 0 atom stereocenters. The molecule has 2 rings (SSSR count). The van der Waals surface area contributed by atoms with Crippen LogP contribution < -0.4 is 5.32 Å². The predicted octanol–water partition coefficient (Wildman–Crippen LogP) is 2.58. The summed E-state index contributed by atoms with van der Waals surface area (Å²) in [6.07, 6.45) is 8.87. The molecule has 0 bridgehead atoms. The van der Waals surface area contributed by atoms with Crippen LogP contribution >= 0.6 is 0 Å². The number of benzene rings is 1. The van der Waals surface area contributed by atoms with E-state index < -0.39 is 0 Å². The molecule has 1 aliphatic heterocycles. The van der Waals surface area contributed by atoms with Gasteiger partial charge in [0.15, 0.2) is 0 Å². The number of carbonyl (C=O) groups excluding carboxylic acids is 1. The van der Waals surface area contributed by atoms with Gasteiger partial charge in [0.25, 0.3) is 0 Å². The van der Waals surface area contributed by atoms with Gasteiger partial charge in [-0.1, -0.05) is 48.1 Å². The van der Waals surface area contributed by atoms with Crippen LogP contribution in [0.5, 0.6) is 0 Å². The van der Waals surface area contributed by atoms with Crippen LogP contribution in [0.15, 0.2) is 54.6 Å². The van der Waals surface area contributed by atoms with Crippen molar-refractivity contribution in [1.29, 1.82) is 0 Å². The lowest BCUT2D eigenvalue weighted by molar-refractivity contribution is -0.115. The van der Waals surface area contributed by atoms with Crippen molar-refractivity contribution in [2.75, 3.05) is 0 Å². The fourth-order valence-corrected chi connectivity index (χ4v) is 1.48. The minimum Gasteiger partial charge on any atom is -0.322 e. The van der Waals surface area contributed by atoms with E-state index in [1.54, 1.807) is 6.08 Å². The van der Waals surface area contributed by atoms with Crippen LogP contribution in [-0.4, -0.2) is 5.91 Å². The maximum absolute atomic E-state index is 11.4. The van der Waals surface area contributed by atoms with Crippen LogP contribution in [0.2, 0.25) is 0 Å². The van der Waals surface area contributed by atoms with Crippen molar-refractivity contribution in [3.8, 4) is 0 Å². The fourth-order valence-electron chi connectivity index (χ4n) is 1.48. The first kappa shape index (κ1) is 10.4. The molecule has 0 spiro atoms. The number of aryl methyl sites for hydroxylation is 1. The summed E-state index contributed by atoms with van der Waals surface area (Å²) in [4.78, 5) is 11.4. The number of hydrogen-bond acceptors (Lipinski definition) is 1. The Morgan fingerprint density at radius 3 is 2.50 bits per heavy atom. The molecule has 1 N–H and O–H groups in total. The largest absolute Gasteiger partial charge is 0.322 e. The first-order valence-electron chi connectivity index (χ1n) is 5.19. The van der Waals surface area contributed by atoms with Gasteiger partial charge in [-0.2, -0.15) is 0 Å². The van der Waals surface area contributed by atoms with Gasteiger partial charge in [-0.15, -0.1) is 0 Å². The van der Waals surface area contributed by atoms with Gasteiger partial charge >= 0.3 is 0 Å². The third-order valence-electron chi connectivity index (χ3n) is 2.35. The van der Waals surface area contributed by atoms with E-state index >= 15 is 0 Å². The van der Waals surface area contributed by atoms with Gasteiger partial charge in [0.05, 0.1) is 0 Å². The number of amides is 1. The van der Waals surface area contributed by atoms with Crippen LogP contribution in [0.25, 0.3) is 5.70 Å². The molecule has 0 aromatic heterocycles. The first-order valence-corrected chi connectivity index (χ1v) is 5.19. The van der Waals surface area contributed by atoms with E-state index in [9.17, 15) is 4.79 Å². The molecule has 80 valence electrons. The van der Waals surface area contributed by atoms with E-state index in [1.807, 2.05) is 49.4 Å². The highest BCUT2D eigenvalue weighted by atomic mass is 16.1. The molecule has 0 unspecified atom stereocenters. The van der Waals surface area contributed by atoms with E-state index in [2.05, 4.69) is 5.32 Å². The van der Waals surface area contributed by atoms with Crippen molar-refractivity contribution in [2.24, 2.45) is 0 Å². The van der Waals surface area contributed by atoms with Crippen molar-refractivity contribution in [3.63, 3.8) is 0 Å². The first-order chi connectivity index (χ1) is 7.75. The number of hydrogen-bond donors (Lipinski definition) is 1. The summed E-state index contributed by atoms with van der Waals surface area (Å²) in [5, 5.41) is 2.84. The number of nitrogens with one attached hydrogen (secondary N) is 1. The van der Waals surface area contributed by atoms with Crippen LogP contribution in [-0.2, 0) is 4.79 Å². The smallest absolute Gasteiger partial charge is 0.248 e. The van der Waals surface area contributed by atoms with Gasteiger partial charge in [0.2, 0.25) is 5.91 Å². The lowest BCUT2D eigenvalue weighted by Crippen LogP contribution is -2.19. The van der Waals surface area contributed by atoms with Gasteiger partial charge in [0.1, 0.15) is 0 Å². The third kappa shape index (κ3) is 2.48. The molecule has 1 amide bonds. The van der Waals surface area contributed by atoms with Crippen molar-refractivity contribution in [1.82, 2.24) is 5.32 Å². The molecule has 2 heteroatoms. The van der Waals surface area contributed by atoms with Crippen LogP contribution in [0, 0.1) is 6.92 Å². The molecule has 1 aromatic rings. The molecular weight excluding hydrogens is 198 g/mol. The van der Waals surface area contributed by atoms with Crippen LogP contribution in [0.3, 0.4) is 0 Å². The summed E-state index contributed by atoms with van der Waals surface area (Å²) in [7, 11) is 0. The zero-order valence-corrected chi connectivity index (χ0v) is 9.10. The molecule has 0 fully saturated rings. The van der Waals surface area contributed by atoms with E-state index in [1.165, 1.54) is 11.6 Å². The lowest BCUT2D eigenvalue weighted by atomic mass is 10.1. The van der Waals surface area contributed by atoms with Crippen molar-refractivity contribution in [3.05, 3.63) is 65.8 Å². The highest BCUT2D eigenvalue weighted by molar-refractivity contribution is 5.95. The topological polar surface area (TPSA) is 29.1 Å². The van der Waals surface area contributed by atoms with Crippen LogP contribution in [0.1, 0.15) is 11.1 Å². The van der Waals surface area contributed by atoms with E-state index in [0.717, 1.165) is 11.3 Å². The normalized spacial score (nSPS) is 22.3. The van der Waals surface area contributed by atoms with E-state index in [4.69, 9.17) is 0 Å². The number of rotatable bonds is 1. The van der Waals surface area contributed by atoms with E-state index in [0.29, 0.717) is 0 Å². The predicted molar refractivity (Wildman–Crippen MR) is 65.6 cm³/mol. The monoisotopic (exact) mass is 211 g/mol. The maximum Gasteiger partial charge on any atom is 0.248 e. The molecule has 0 aliphatic carbocycles.